The molecule has 1 saturated carbocycles. The van der Waals surface area contributed by atoms with Crippen molar-refractivity contribution in [3.63, 3.8) is 0 Å². The smallest absolute Gasteiger partial charge is 0.0473 e. The van der Waals surface area contributed by atoms with Crippen LogP contribution in [0.25, 0.3) is 0 Å². The Morgan fingerprint density at radius 3 is 2.33 bits per heavy atom. The first-order valence-electron chi connectivity index (χ1n) is 6.40. The molecule has 0 spiro atoms. The molecule has 1 aliphatic rings. The van der Waals surface area contributed by atoms with Gasteiger partial charge in [-0.05, 0) is 42.5 Å². The third-order valence-corrected chi connectivity index (χ3v) is 4.47. The SMILES string of the molecule is ClC(Cc1ccncc1)C1(c2ccccc2)CC1. The highest BCUT2D eigenvalue weighted by molar-refractivity contribution is 6.22. The van der Waals surface area contributed by atoms with E-state index in [4.69, 9.17) is 11.6 Å². The van der Waals surface area contributed by atoms with E-state index in [9.17, 15) is 0 Å². The minimum atomic E-state index is 0.169. The van der Waals surface area contributed by atoms with E-state index in [1.54, 1.807) is 0 Å². The second kappa shape index (κ2) is 4.74. The van der Waals surface area contributed by atoms with Crippen molar-refractivity contribution in [2.75, 3.05) is 0 Å². The molecule has 18 heavy (non-hydrogen) atoms. The van der Waals surface area contributed by atoms with Crippen LogP contribution in [0.4, 0.5) is 0 Å². The third kappa shape index (κ3) is 2.15. The largest absolute Gasteiger partial charge is 0.265 e. The van der Waals surface area contributed by atoms with E-state index in [-0.39, 0.29) is 10.8 Å². The van der Waals surface area contributed by atoms with Gasteiger partial charge in [0.15, 0.2) is 0 Å². The van der Waals surface area contributed by atoms with Crippen LogP contribution in [-0.2, 0) is 11.8 Å². The predicted molar refractivity (Wildman–Crippen MR) is 74.9 cm³/mol. The summed E-state index contributed by atoms with van der Waals surface area (Å²) in [5, 5.41) is 0.169. The summed E-state index contributed by atoms with van der Waals surface area (Å²) in [6, 6.07) is 14.8. The Hall–Kier alpha value is -1.34. The second-order valence-corrected chi connectivity index (χ2v) is 5.58. The number of halogens is 1. The lowest BCUT2D eigenvalue weighted by atomic mass is 9.89. The molecule has 0 aliphatic heterocycles. The molecular formula is C16H16ClN. The Balaban J connectivity index is 1.79. The van der Waals surface area contributed by atoms with E-state index in [1.807, 2.05) is 12.4 Å². The standard InChI is InChI=1S/C16H16ClN/c17-15(12-13-6-10-18-11-7-13)16(8-9-16)14-4-2-1-3-5-14/h1-7,10-11,15H,8-9,12H2. The van der Waals surface area contributed by atoms with Crippen LogP contribution >= 0.6 is 11.6 Å². The van der Waals surface area contributed by atoms with Gasteiger partial charge in [-0.15, -0.1) is 11.6 Å². The maximum atomic E-state index is 6.68. The molecule has 3 rings (SSSR count). The molecule has 0 bridgehead atoms. The van der Waals surface area contributed by atoms with Crippen molar-refractivity contribution in [1.29, 1.82) is 0 Å². The predicted octanol–water partition coefficient (Wildman–Crippen LogP) is 3.96. The number of aromatic nitrogens is 1. The lowest BCUT2D eigenvalue weighted by Gasteiger charge is -2.22. The number of alkyl halides is 1. The van der Waals surface area contributed by atoms with Gasteiger partial charge in [-0.25, -0.2) is 0 Å². The van der Waals surface area contributed by atoms with Crippen molar-refractivity contribution in [2.24, 2.45) is 0 Å². The Kier molecular flexibility index (Phi) is 3.09. The molecule has 0 amide bonds. The Bertz CT molecular complexity index is 505. The minimum absolute atomic E-state index is 0.169. The maximum Gasteiger partial charge on any atom is 0.0473 e. The summed E-state index contributed by atoms with van der Waals surface area (Å²) in [5.41, 5.74) is 2.86. The van der Waals surface area contributed by atoms with E-state index in [0.29, 0.717) is 0 Å². The molecule has 1 unspecified atom stereocenters. The summed E-state index contributed by atoms with van der Waals surface area (Å²) >= 11 is 6.68. The van der Waals surface area contributed by atoms with E-state index < -0.39 is 0 Å². The summed E-state index contributed by atoms with van der Waals surface area (Å²) in [6.07, 6.45) is 6.99. The molecule has 0 N–H and O–H groups in total. The highest BCUT2D eigenvalue weighted by atomic mass is 35.5. The van der Waals surface area contributed by atoms with Crippen LogP contribution in [0.15, 0.2) is 54.9 Å². The summed E-state index contributed by atoms with van der Waals surface area (Å²) in [5.74, 6) is 0. The van der Waals surface area contributed by atoms with Crippen molar-refractivity contribution in [3.05, 3.63) is 66.0 Å². The van der Waals surface area contributed by atoms with Crippen molar-refractivity contribution < 1.29 is 0 Å². The lowest BCUT2D eigenvalue weighted by molar-refractivity contribution is 0.628. The van der Waals surface area contributed by atoms with Crippen LogP contribution in [0.5, 0.6) is 0 Å². The van der Waals surface area contributed by atoms with Gasteiger partial charge in [0.05, 0.1) is 0 Å². The first-order valence-corrected chi connectivity index (χ1v) is 6.83. The molecule has 92 valence electrons. The average molecular weight is 258 g/mol. The topological polar surface area (TPSA) is 12.9 Å². The lowest BCUT2D eigenvalue weighted by Crippen LogP contribution is -2.23. The van der Waals surface area contributed by atoms with Crippen LogP contribution in [0.1, 0.15) is 24.0 Å². The summed E-state index contributed by atoms with van der Waals surface area (Å²) in [4.78, 5) is 4.05. The van der Waals surface area contributed by atoms with Gasteiger partial charge in [-0.3, -0.25) is 4.98 Å². The normalized spacial score (nSPS) is 18.3. The average Bonchev–Trinajstić information content (AvgIpc) is 3.22. The zero-order chi connectivity index (χ0) is 12.4. The van der Waals surface area contributed by atoms with Crippen molar-refractivity contribution >= 4 is 11.6 Å². The Morgan fingerprint density at radius 1 is 1.06 bits per heavy atom. The van der Waals surface area contributed by atoms with Gasteiger partial charge < -0.3 is 0 Å². The number of rotatable bonds is 4. The molecule has 0 radical (unpaired) electrons. The molecule has 1 aromatic heterocycles. The monoisotopic (exact) mass is 257 g/mol. The molecular weight excluding hydrogens is 242 g/mol. The van der Waals surface area contributed by atoms with Crippen molar-refractivity contribution in [3.8, 4) is 0 Å². The molecule has 1 nitrogen and oxygen atoms in total. The van der Waals surface area contributed by atoms with E-state index in [2.05, 4.69) is 47.4 Å². The number of hydrogen-bond acceptors (Lipinski definition) is 1. The first-order chi connectivity index (χ1) is 8.81. The van der Waals surface area contributed by atoms with Gasteiger partial charge in [-0.1, -0.05) is 30.3 Å². The van der Waals surface area contributed by atoms with Gasteiger partial charge >= 0.3 is 0 Å². The molecule has 2 aromatic rings. The van der Waals surface area contributed by atoms with E-state index in [0.717, 1.165) is 6.42 Å². The highest BCUT2D eigenvalue weighted by Crippen LogP contribution is 2.53. The Labute approximate surface area is 113 Å². The van der Waals surface area contributed by atoms with Crippen molar-refractivity contribution in [1.82, 2.24) is 4.98 Å². The van der Waals surface area contributed by atoms with Gasteiger partial charge in [-0.2, -0.15) is 0 Å². The molecule has 1 atom stereocenters. The molecule has 1 aromatic carbocycles. The minimum Gasteiger partial charge on any atom is -0.265 e. The number of benzene rings is 1. The molecule has 2 heteroatoms. The van der Waals surface area contributed by atoms with Crippen LogP contribution in [-0.4, -0.2) is 10.4 Å². The van der Waals surface area contributed by atoms with Gasteiger partial charge in [0, 0.05) is 23.2 Å². The fraction of sp³-hybridized carbons (Fsp3) is 0.312. The number of pyridine rings is 1. The molecule has 0 saturated heterocycles. The van der Waals surface area contributed by atoms with Crippen LogP contribution < -0.4 is 0 Å². The zero-order valence-electron chi connectivity index (χ0n) is 10.2. The third-order valence-electron chi connectivity index (χ3n) is 3.90. The van der Waals surface area contributed by atoms with Crippen LogP contribution in [0.2, 0.25) is 0 Å². The van der Waals surface area contributed by atoms with Gasteiger partial charge in [0.2, 0.25) is 0 Å². The van der Waals surface area contributed by atoms with Gasteiger partial charge in [0.25, 0.3) is 0 Å². The number of hydrogen-bond donors (Lipinski definition) is 0. The zero-order valence-corrected chi connectivity index (χ0v) is 11.0. The van der Waals surface area contributed by atoms with Crippen LogP contribution in [0.3, 0.4) is 0 Å². The first kappa shape index (κ1) is 11.7. The maximum absolute atomic E-state index is 6.68. The fourth-order valence-electron chi connectivity index (χ4n) is 2.61. The van der Waals surface area contributed by atoms with Crippen molar-refractivity contribution in [2.45, 2.75) is 30.1 Å². The highest BCUT2D eigenvalue weighted by Gasteiger charge is 2.49. The molecule has 1 heterocycles. The summed E-state index contributed by atoms with van der Waals surface area (Å²) in [6.45, 7) is 0. The van der Waals surface area contributed by atoms with E-state index >= 15 is 0 Å². The molecule has 1 aliphatic carbocycles. The fourth-order valence-corrected chi connectivity index (χ4v) is 3.13. The van der Waals surface area contributed by atoms with Crippen LogP contribution in [0, 0.1) is 0 Å². The quantitative estimate of drug-likeness (QED) is 0.756. The second-order valence-electron chi connectivity index (χ2n) is 5.05. The summed E-state index contributed by atoms with van der Waals surface area (Å²) < 4.78 is 0. The Morgan fingerprint density at radius 2 is 1.72 bits per heavy atom. The van der Waals surface area contributed by atoms with Gasteiger partial charge in [0.1, 0.15) is 0 Å². The number of nitrogens with zero attached hydrogens (tertiary/aromatic N) is 1. The molecule has 1 fully saturated rings. The summed E-state index contributed by atoms with van der Waals surface area (Å²) in [7, 11) is 0. The van der Waals surface area contributed by atoms with E-state index in [1.165, 1.54) is 24.0 Å².